The summed E-state index contributed by atoms with van der Waals surface area (Å²) in [5, 5.41) is 19.8. The molecular formula is C31H32BrN7O3. The van der Waals surface area contributed by atoms with E-state index in [1.807, 2.05) is 51.1 Å². The number of halogens is 1. The second-order valence-corrected chi connectivity index (χ2v) is 12.3. The number of aliphatic hydroxyl groups is 1. The maximum absolute atomic E-state index is 14.0. The first-order chi connectivity index (χ1) is 19.9. The van der Waals surface area contributed by atoms with E-state index in [0.717, 1.165) is 22.3 Å². The van der Waals surface area contributed by atoms with E-state index < -0.39 is 12.3 Å². The first kappa shape index (κ1) is 28.2. The Bertz CT molecular complexity index is 1770. The van der Waals surface area contributed by atoms with E-state index in [1.54, 1.807) is 22.0 Å². The van der Waals surface area contributed by atoms with Crippen molar-refractivity contribution in [2.75, 3.05) is 5.32 Å². The third-order valence-corrected chi connectivity index (χ3v) is 8.89. The van der Waals surface area contributed by atoms with Crippen molar-refractivity contribution in [3.8, 4) is 11.1 Å². The number of aliphatic hydroxyl groups excluding tert-OH is 1. The van der Waals surface area contributed by atoms with Gasteiger partial charge in [0, 0.05) is 35.7 Å². The number of carbonyl (C=O) groups is 2. The van der Waals surface area contributed by atoms with Crippen LogP contribution in [0.1, 0.15) is 47.7 Å². The Labute approximate surface area is 252 Å². The monoisotopic (exact) mass is 629 g/mol. The molecule has 4 atom stereocenters. The molecule has 0 saturated carbocycles. The largest absolute Gasteiger partial charge is 0.372 e. The van der Waals surface area contributed by atoms with Crippen molar-refractivity contribution in [2.45, 2.75) is 65.9 Å². The number of anilines is 1. The zero-order valence-electron chi connectivity index (χ0n) is 24.1. The summed E-state index contributed by atoms with van der Waals surface area (Å²) in [7, 11) is 0. The Balaban J connectivity index is 1.33. The minimum atomic E-state index is -1.04. The summed E-state index contributed by atoms with van der Waals surface area (Å²) in [4.78, 5) is 41.5. The van der Waals surface area contributed by atoms with Crippen molar-refractivity contribution in [3.05, 3.63) is 76.1 Å². The smallest absolute Gasteiger partial charge is 0.245 e. The van der Waals surface area contributed by atoms with Gasteiger partial charge in [-0.25, -0.2) is 15.0 Å². The molecule has 0 bridgehead atoms. The van der Waals surface area contributed by atoms with Crippen LogP contribution in [0.5, 0.6) is 0 Å². The number of benzene rings is 1. The van der Waals surface area contributed by atoms with Crippen molar-refractivity contribution in [1.29, 1.82) is 0 Å². The van der Waals surface area contributed by atoms with E-state index in [0.29, 0.717) is 39.3 Å². The van der Waals surface area contributed by atoms with Crippen molar-refractivity contribution in [3.63, 3.8) is 0 Å². The molecule has 1 aromatic carbocycles. The van der Waals surface area contributed by atoms with Crippen molar-refractivity contribution in [1.82, 2.24) is 29.6 Å². The molecule has 1 unspecified atom stereocenters. The Morgan fingerprint density at radius 2 is 1.90 bits per heavy atom. The van der Waals surface area contributed by atoms with Crippen LogP contribution >= 0.6 is 15.9 Å². The van der Waals surface area contributed by atoms with Gasteiger partial charge in [0.15, 0.2) is 5.78 Å². The number of hydrogen-bond acceptors (Lipinski definition) is 8. The molecule has 1 fully saturated rings. The van der Waals surface area contributed by atoms with Gasteiger partial charge in [-0.3, -0.25) is 14.3 Å². The first-order valence-corrected chi connectivity index (χ1v) is 14.6. The predicted molar refractivity (Wildman–Crippen MR) is 163 cm³/mol. The number of ketones is 1. The van der Waals surface area contributed by atoms with Gasteiger partial charge in [0.2, 0.25) is 5.91 Å². The van der Waals surface area contributed by atoms with Gasteiger partial charge in [-0.05, 0) is 78.0 Å². The minimum absolute atomic E-state index is 0.0754. The number of aryl methyl sites for hydroxylation is 3. The lowest BCUT2D eigenvalue weighted by Gasteiger charge is -2.39. The fourth-order valence-corrected chi connectivity index (χ4v) is 6.42. The fourth-order valence-electron chi connectivity index (χ4n) is 6.11. The molecule has 42 heavy (non-hydrogen) atoms. The molecule has 4 heterocycles. The summed E-state index contributed by atoms with van der Waals surface area (Å²) in [6.07, 6.45) is 7.20. The molecule has 3 aromatic heterocycles. The second kappa shape index (κ2) is 10.4. The number of likely N-dealkylation sites (tertiary alicyclic amines) is 1. The Hall–Kier alpha value is -3.96. The topological polar surface area (TPSA) is 126 Å². The van der Waals surface area contributed by atoms with Crippen LogP contribution in [0.15, 0.2) is 53.4 Å². The van der Waals surface area contributed by atoms with Gasteiger partial charge in [-0.1, -0.05) is 25.1 Å². The quantitative estimate of drug-likeness (QED) is 0.130. The fraction of sp³-hybridized carbons (Fsp3) is 0.355. The van der Waals surface area contributed by atoms with Crippen LogP contribution < -0.4 is 5.32 Å². The van der Waals surface area contributed by atoms with Gasteiger partial charge < -0.3 is 15.3 Å². The normalized spacial score (nSPS) is 21.7. The third-order valence-electron chi connectivity index (χ3n) is 8.45. The maximum Gasteiger partial charge on any atom is 0.245 e. The van der Waals surface area contributed by atoms with Gasteiger partial charge in [-0.15, -0.1) is 0 Å². The molecular weight excluding hydrogens is 598 g/mol. The Morgan fingerprint density at radius 3 is 2.57 bits per heavy atom. The number of pyridine rings is 1. The number of rotatable bonds is 7. The Kier molecular flexibility index (Phi) is 6.97. The molecule has 10 nitrogen and oxygen atoms in total. The standard InChI is InChI=1S/C31H32BrN7O3/c1-16-6-7-26(32)35-29(16)36-30(42)24-12-31(5)9-8-25(31)39(24)27(41)15-38-23-10-17(2)21(20-13-33-19(4)34-14-20)11-22(23)28(37-38)18(3)40/h6-11,13-14,24-25,30,42H,12,15H2,1-5H3,(H,35,36)/t24-,25+,30?,31+/m0/s1. The molecule has 216 valence electrons. The molecule has 0 radical (unpaired) electrons. The maximum atomic E-state index is 14.0. The van der Waals surface area contributed by atoms with Crippen molar-refractivity contribution >= 4 is 44.3 Å². The SMILES string of the molecule is CC(=O)c1nn(CC(=O)N2[C@H](C(O)Nc3nc(Br)ccc3C)C[C@@]3(C)C=C[C@@H]23)c2cc(C)c(-c3cnc(C)nc3)cc12. The van der Waals surface area contributed by atoms with Gasteiger partial charge in [0.1, 0.15) is 34.7 Å². The number of fused-ring (bicyclic) bond motifs is 2. The average molecular weight is 631 g/mol. The third kappa shape index (κ3) is 4.80. The molecule has 1 saturated heterocycles. The highest BCUT2D eigenvalue weighted by atomic mass is 79.9. The molecule has 2 aliphatic rings. The Morgan fingerprint density at radius 1 is 1.17 bits per heavy atom. The first-order valence-electron chi connectivity index (χ1n) is 13.8. The van der Waals surface area contributed by atoms with Crippen LogP contribution in [0.2, 0.25) is 0 Å². The van der Waals surface area contributed by atoms with Gasteiger partial charge in [-0.2, -0.15) is 5.10 Å². The minimum Gasteiger partial charge on any atom is -0.372 e. The van der Waals surface area contributed by atoms with Crippen LogP contribution in [-0.4, -0.2) is 64.7 Å². The van der Waals surface area contributed by atoms with Gasteiger partial charge in [0.05, 0.1) is 17.6 Å². The molecule has 1 aliphatic heterocycles. The highest BCUT2D eigenvalue weighted by molar-refractivity contribution is 9.10. The van der Waals surface area contributed by atoms with Crippen LogP contribution in [0.25, 0.3) is 22.0 Å². The average Bonchev–Trinajstić information content (AvgIpc) is 3.38. The van der Waals surface area contributed by atoms with Crippen LogP contribution in [0.3, 0.4) is 0 Å². The second-order valence-electron chi connectivity index (χ2n) is 11.5. The van der Waals surface area contributed by atoms with Crippen LogP contribution in [-0.2, 0) is 11.3 Å². The van der Waals surface area contributed by atoms with Crippen molar-refractivity contribution < 1.29 is 14.7 Å². The lowest BCUT2D eigenvalue weighted by molar-refractivity contribution is -0.136. The number of nitrogens with one attached hydrogen (secondary N) is 1. The molecule has 2 N–H and O–H groups in total. The molecule has 0 spiro atoms. The molecule has 4 aromatic rings. The number of amides is 1. The summed E-state index contributed by atoms with van der Waals surface area (Å²) in [5.74, 6) is 0.850. The predicted octanol–water partition coefficient (Wildman–Crippen LogP) is 4.75. The number of carbonyl (C=O) groups excluding carboxylic acids is 2. The highest BCUT2D eigenvalue weighted by Gasteiger charge is 2.54. The van der Waals surface area contributed by atoms with Gasteiger partial charge in [0.25, 0.3) is 0 Å². The summed E-state index contributed by atoms with van der Waals surface area (Å²) in [6.45, 7) is 9.21. The number of hydrogen-bond donors (Lipinski definition) is 2. The molecule has 1 amide bonds. The van der Waals surface area contributed by atoms with E-state index in [2.05, 4.69) is 54.3 Å². The van der Waals surface area contributed by atoms with Crippen LogP contribution in [0, 0.1) is 26.2 Å². The lowest BCUT2D eigenvalue weighted by atomic mass is 9.73. The van der Waals surface area contributed by atoms with E-state index in [4.69, 9.17) is 0 Å². The molecule has 1 aliphatic carbocycles. The summed E-state index contributed by atoms with van der Waals surface area (Å²) < 4.78 is 2.25. The number of aromatic nitrogens is 5. The number of Topliss-reactive ketones (excluding diaryl/α,β-unsaturated/α-hetero) is 1. The van der Waals surface area contributed by atoms with E-state index in [-0.39, 0.29) is 29.7 Å². The van der Waals surface area contributed by atoms with Crippen LogP contribution in [0.4, 0.5) is 5.82 Å². The highest BCUT2D eigenvalue weighted by Crippen LogP contribution is 2.49. The summed E-state index contributed by atoms with van der Waals surface area (Å²) in [6, 6.07) is 6.98. The molecule has 6 rings (SSSR count). The van der Waals surface area contributed by atoms with Crippen molar-refractivity contribution in [2.24, 2.45) is 5.41 Å². The summed E-state index contributed by atoms with van der Waals surface area (Å²) in [5.41, 5.74) is 4.33. The molecule has 11 heteroatoms. The zero-order valence-corrected chi connectivity index (χ0v) is 25.7. The number of nitrogens with zero attached hydrogens (tertiary/aromatic N) is 6. The van der Waals surface area contributed by atoms with E-state index >= 15 is 0 Å². The van der Waals surface area contributed by atoms with E-state index in [9.17, 15) is 14.7 Å². The summed E-state index contributed by atoms with van der Waals surface area (Å²) >= 11 is 3.39. The van der Waals surface area contributed by atoms with E-state index in [1.165, 1.54) is 6.92 Å². The van der Waals surface area contributed by atoms with Gasteiger partial charge >= 0.3 is 0 Å². The zero-order chi connectivity index (χ0) is 29.9. The lowest BCUT2D eigenvalue weighted by Crippen LogP contribution is -2.51.